The maximum atomic E-state index is 13.7. The zero-order valence-corrected chi connectivity index (χ0v) is 12.0. The van der Waals surface area contributed by atoms with Crippen LogP contribution in [0.4, 0.5) is 15.8 Å². The van der Waals surface area contributed by atoms with Gasteiger partial charge < -0.3 is 10.6 Å². The van der Waals surface area contributed by atoms with Crippen LogP contribution in [0.25, 0.3) is 0 Å². The van der Waals surface area contributed by atoms with Crippen molar-refractivity contribution >= 4 is 40.5 Å². The Labute approximate surface area is 125 Å². The largest absolute Gasteiger partial charge is 0.397 e. The van der Waals surface area contributed by atoms with E-state index in [9.17, 15) is 9.18 Å². The number of amides is 1. The van der Waals surface area contributed by atoms with Crippen LogP contribution in [0.1, 0.15) is 10.4 Å². The van der Waals surface area contributed by atoms with Crippen molar-refractivity contribution in [3.8, 4) is 0 Å². The van der Waals surface area contributed by atoms with Crippen molar-refractivity contribution in [3.05, 3.63) is 57.8 Å². The molecule has 0 fully saturated rings. The molecule has 0 aliphatic rings. The number of anilines is 2. The minimum absolute atomic E-state index is 0.169. The molecule has 3 nitrogen and oxygen atoms in total. The highest BCUT2D eigenvalue weighted by molar-refractivity contribution is 6.44. The lowest BCUT2D eigenvalue weighted by atomic mass is 10.1. The SMILES string of the molecule is CN(C(=O)c1cc(N)c(Cl)c(Cl)c1)c1ccccc1F. The molecule has 0 spiro atoms. The average Bonchev–Trinajstić information content (AvgIpc) is 2.43. The molecule has 20 heavy (non-hydrogen) atoms. The number of nitrogens with zero attached hydrogens (tertiary/aromatic N) is 1. The van der Waals surface area contributed by atoms with Gasteiger partial charge in [-0.25, -0.2) is 4.39 Å². The molecule has 0 atom stereocenters. The lowest BCUT2D eigenvalue weighted by molar-refractivity contribution is 0.0992. The van der Waals surface area contributed by atoms with Crippen molar-refractivity contribution in [1.82, 2.24) is 0 Å². The van der Waals surface area contributed by atoms with Gasteiger partial charge in [0.1, 0.15) is 5.82 Å². The van der Waals surface area contributed by atoms with Crippen LogP contribution >= 0.6 is 23.2 Å². The van der Waals surface area contributed by atoms with Gasteiger partial charge in [0, 0.05) is 12.6 Å². The third-order valence-corrected chi connectivity index (χ3v) is 3.64. The summed E-state index contributed by atoms with van der Waals surface area (Å²) in [6, 6.07) is 8.80. The molecule has 0 aliphatic heterocycles. The van der Waals surface area contributed by atoms with Crippen LogP contribution in [0.5, 0.6) is 0 Å². The molecule has 0 unspecified atom stereocenters. The van der Waals surface area contributed by atoms with Crippen molar-refractivity contribution in [2.45, 2.75) is 0 Å². The Morgan fingerprint density at radius 3 is 2.50 bits per heavy atom. The highest BCUT2D eigenvalue weighted by Crippen LogP contribution is 2.30. The summed E-state index contributed by atoms with van der Waals surface area (Å²) in [6.45, 7) is 0. The van der Waals surface area contributed by atoms with Crippen LogP contribution < -0.4 is 10.6 Å². The fourth-order valence-corrected chi connectivity index (χ4v) is 2.10. The summed E-state index contributed by atoms with van der Waals surface area (Å²) in [5.74, 6) is -0.920. The summed E-state index contributed by atoms with van der Waals surface area (Å²) >= 11 is 11.7. The van der Waals surface area contributed by atoms with Gasteiger partial charge in [0.2, 0.25) is 0 Å². The molecule has 2 N–H and O–H groups in total. The predicted molar refractivity (Wildman–Crippen MR) is 80.0 cm³/mol. The molecule has 2 aromatic carbocycles. The quantitative estimate of drug-likeness (QED) is 0.852. The van der Waals surface area contributed by atoms with Gasteiger partial charge in [-0.05, 0) is 24.3 Å². The minimum Gasteiger partial charge on any atom is -0.397 e. The van der Waals surface area contributed by atoms with Crippen LogP contribution in [-0.4, -0.2) is 13.0 Å². The van der Waals surface area contributed by atoms with E-state index in [0.29, 0.717) is 0 Å². The van der Waals surface area contributed by atoms with E-state index in [0.717, 1.165) is 0 Å². The number of halogens is 3. The Balaban J connectivity index is 2.39. The summed E-state index contributed by atoms with van der Waals surface area (Å²) in [7, 11) is 1.47. The molecule has 104 valence electrons. The maximum Gasteiger partial charge on any atom is 0.258 e. The monoisotopic (exact) mass is 312 g/mol. The van der Waals surface area contributed by atoms with E-state index < -0.39 is 11.7 Å². The zero-order chi connectivity index (χ0) is 14.9. The lowest BCUT2D eigenvalue weighted by Gasteiger charge is -2.18. The van der Waals surface area contributed by atoms with Gasteiger partial charge in [-0.2, -0.15) is 0 Å². The highest BCUT2D eigenvalue weighted by atomic mass is 35.5. The van der Waals surface area contributed by atoms with E-state index in [4.69, 9.17) is 28.9 Å². The van der Waals surface area contributed by atoms with Gasteiger partial charge in [-0.3, -0.25) is 4.79 Å². The van der Waals surface area contributed by atoms with Crippen LogP contribution in [0.15, 0.2) is 36.4 Å². The van der Waals surface area contributed by atoms with Crippen molar-refractivity contribution in [1.29, 1.82) is 0 Å². The van der Waals surface area contributed by atoms with Crippen molar-refractivity contribution in [2.75, 3.05) is 17.7 Å². The predicted octanol–water partition coefficient (Wildman–Crippen LogP) is 3.99. The number of nitrogen functional groups attached to an aromatic ring is 1. The Bertz CT molecular complexity index is 653. The highest BCUT2D eigenvalue weighted by Gasteiger charge is 2.18. The van der Waals surface area contributed by atoms with Gasteiger partial charge in [0.05, 0.1) is 21.4 Å². The normalized spacial score (nSPS) is 10.4. The lowest BCUT2D eigenvalue weighted by Crippen LogP contribution is -2.27. The molecule has 1 amide bonds. The first-order chi connectivity index (χ1) is 9.41. The first kappa shape index (κ1) is 14.6. The summed E-state index contributed by atoms with van der Waals surface area (Å²) < 4.78 is 13.7. The number of hydrogen-bond acceptors (Lipinski definition) is 2. The molecular weight excluding hydrogens is 302 g/mol. The fraction of sp³-hybridized carbons (Fsp3) is 0.0714. The van der Waals surface area contributed by atoms with E-state index in [-0.39, 0.29) is 27.0 Å². The van der Waals surface area contributed by atoms with Gasteiger partial charge in [-0.15, -0.1) is 0 Å². The van der Waals surface area contributed by atoms with Crippen LogP contribution in [0.2, 0.25) is 10.0 Å². The molecular formula is C14H11Cl2FN2O. The van der Waals surface area contributed by atoms with Crippen molar-refractivity contribution in [3.63, 3.8) is 0 Å². The number of carbonyl (C=O) groups is 1. The molecule has 0 aromatic heterocycles. The Hall–Kier alpha value is -1.78. The number of benzene rings is 2. The van der Waals surface area contributed by atoms with Gasteiger partial charge in [-0.1, -0.05) is 35.3 Å². The molecule has 0 bridgehead atoms. The first-order valence-corrected chi connectivity index (χ1v) is 6.44. The van der Waals surface area contributed by atoms with E-state index in [1.807, 2.05) is 0 Å². The molecule has 2 rings (SSSR count). The molecule has 6 heteroatoms. The smallest absolute Gasteiger partial charge is 0.258 e. The second-order valence-electron chi connectivity index (χ2n) is 4.18. The Morgan fingerprint density at radius 2 is 1.90 bits per heavy atom. The first-order valence-electron chi connectivity index (χ1n) is 5.69. The van der Waals surface area contributed by atoms with E-state index in [1.54, 1.807) is 12.1 Å². The summed E-state index contributed by atoms with van der Waals surface area (Å²) in [4.78, 5) is 13.5. The van der Waals surface area contributed by atoms with Gasteiger partial charge in [0.25, 0.3) is 5.91 Å². The maximum absolute atomic E-state index is 13.7. The molecule has 0 saturated heterocycles. The summed E-state index contributed by atoms with van der Waals surface area (Å²) in [5, 5.41) is 0.369. The molecule has 0 aliphatic carbocycles. The third kappa shape index (κ3) is 2.71. The van der Waals surface area contributed by atoms with E-state index >= 15 is 0 Å². The molecule has 0 saturated carbocycles. The van der Waals surface area contributed by atoms with Crippen LogP contribution in [0.3, 0.4) is 0 Å². The van der Waals surface area contributed by atoms with Crippen molar-refractivity contribution < 1.29 is 9.18 Å². The average molecular weight is 313 g/mol. The molecule has 0 radical (unpaired) electrons. The summed E-state index contributed by atoms with van der Waals surface area (Å²) in [6.07, 6.45) is 0. The summed E-state index contributed by atoms with van der Waals surface area (Å²) in [5.41, 5.74) is 6.27. The Kier molecular flexibility index (Phi) is 4.16. The number of rotatable bonds is 2. The van der Waals surface area contributed by atoms with Crippen LogP contribution in [0, 0.1) is 5.82 Å². The van der Waals surface area contributed by atoms with E-state index in [1.165, 1.54) is 36.2 Å². The van der Waals surface area contributed by atoms with Gasteiger partial charge in [0.15, 0.2) is 0 Å². The topological polar surface area (TPSA) is 46.3 Å². The number of carbonyl (C=O) groups excluding carboxylic acids is 1. The zero-order valence-electron chi connectivity index (χ0n) is 10.5. The number of hydrogen-bond donors (Lipinski definition) is 1. The fourth-order valence-electron chi connectivity index (χ4n) is 1.76. The Morgan fingerprint density at radius 1 is 1.25 bits per heavy atom. The third-order valence-electron chi connectivity index (χ3n) is 2.82. The van der Waals surface area contributed by atoms with Crippen LogP contribution in [-0.2, 0) is 0 Å². The van der Waals surface area contributed by atoms with E-state index in [2.05, 4.69) is 0 Å². The minimum atomic E-state index is -0.489. The van der Waals surface area contributed by atoms with Crippen molar-refractivity contribution in [2.24, 2.45) is 0 Å². The standard InChI is InChI=1S/C14H11Cl2FN2O/c1-19(12-5-3-2-4-10(12)17)14(20)8-6-9(15)13(16)11(18)7-8/h2-7H,18H2,1H3. The molecule has 2 aromatic rings. The second kappa shape index (κ2) is 5.69. The number of nitrogens with two attached hydrogens (primary N) is 1. The molecule has 0 heterocycles. The number of para-hydroxylation sites is 1. The second-order valence-corrected chi connectivity index (χ2v) is 4.96. The van der Waals surface area contributed by atoms with Gasteiger partial charge >= 0.3 is 0 Å².